The molecule has 0 spiro atoms. The Hall–Kier alpha value is -2.34. The van der Waals surface area contributed by atoms with Crippen LogP contribution >= 0.6 is 0 Å². The molecule has 1 aromatic carbocycles. The number of benzene rings is 1. The van der Waals surface area contributed by atoms with Crippen molar-refractivity contribution in [3.63, 3.8) is 0 Å². The van der Waals surface area contributed by atoms with E-state index in [-0.39, 0.29) is 6.03 Å². The smallest absolute Gasteiger partial charge is 0.317 e. The molecule has 0 aliphatic carbocycles. The van der Waals surface area contributed by atoms with E-state index in [4.69, 9.17) is 0 Å². The topological polar surface area (TPSA) is 53.4 Å². The number of fused-ring (bicyclic) bond motifs is 1. The molecule has 140 valence electrons. The molecule has 2 aromatic rings. The summed E-state index contributed by atoms with van der Waals surface area (Å²) < 4.78 is 2.10. The quantitative estimate of drug-likeness (QED) is 0.897. The number of amides is 2. The van der Waals surface area contributed by atoms with E-state index < -0.39 is 0 Å². The first-order valence-corrected chi connectivity index (χ1v) is 9.36. The first-order valence-electron chi connectivity index (χ1n) is 9.36. The summed E-state index contributed by atoms with van der Waals surface area (Å²) >= 11 is 0. The first-order chi connectivity index (χ1) is 12.6. The van der Waals surface area contributed by atoms with Gasteiger partial charge >= 0.3 is 6.03 Å². The van der Waals surface area contributed by atoms with Gasteiger partial charge in [0.25, 0.3) is 0 Å². The van der Waals surface area contributed by atoms with Crippen molar-refractivity contribution in [3.8, 4) is 0 Å². The Morgan fingerprint density at radius 3 is 2.73 bits per heavy atom. The third-order valence-corrected chi connectivity index (χ3v) is 4.86. The molecule has 0 saturated heterocycles. The number of urea groups is 1. The van der Waals surface area contributed by atoms with E-state index in [1.807, 2.05) is 0 Å². The van der Waals surface area contributed by atoms with Crippen LogP contribution in [0.2, 0.25) is 0 Å². The van der Waals surface area contributed by atoms with Gasteiger partial charge in [0.1, 0.15) is 0 Å². The molecule has 0 saturated carbocycles. The van der Waals surface area contributed by atoms with Crippen molar-refractivity contribution < 1.29 is 4.79 Å². The number of rotatable bonds is 5. The van der Waals surface area contributed by atoms with Gasteiger partial charge in [-0.25, -0.2) is 4.79 Å². The Bertz CT molecular complexity index is 752. The lowest BCUT2D eigenvalue weighted by Crippen LogP contribution is -2.34. The number of carbonyl (C=O) groups excluding carboxylic acids is 1. The molecular formula is C20H29N5O. The van der Waals surface area contributed by atoms with E-state index in [1.165, 1.54) is 21.7 Å². The second-order valence-corrected chi connectivity index (χ2v) is 7.09. The molecule has 26 heavy (non-hydrogen) atoms. The van der Waals surface area contributed by atoms with Gasteiger partial charge < -0.3 is 10.2 Å². The van der Waals surface area contributed by atoms with Gasteiger partial charge in [-0.05, 0) is 30.0 Å². The summed E-state index contributed by atoms with van der Waals surface area (Å²) in [6.45, 7) is 6.56. The van der Waals surface area contributed by atoms with E-state index in [1.54, 1.807) is 14.1 Å². The molecular weight excluding hydrogens is 326 g/mol. The summed E-state index contributed by atoms with van der Waals surface area (Å²) in [7, 11) is 3.48. The van der Waals surface area contributed by atoms with Crippen LogP contribution in [0, 0.1) is 0 Å². The number of aromatic nitrogens is 2. The fourth-order valence-corrected chi connectivity index (χ4v) is 3.43. The third-order valence-electron chi connectivity index (χ3n) is 4.86. The molecule has 3 rings (SSSR count). The Kier molecular flexibility index (Phi) is 5.93. The predicted octanol–water partition coefficient (Wildman–Crippen LogP) is 2.62. The van der Waals surface area contributed by atoms with Gasteiger partial charge in [-0.3, -0.25) is 9.58 Å². The summed E-state index contributed by atoms with van der Waals surface area (Å²) in [5.74, 6) is 0. The van der Waals surface area contributed by atoms with Crippen LogP contribution < -0.4 is 5.32 Å². The average Bonchev–Trinajstić information content (AvgIpc) is 2.92. The molecule has 0 bridgehead atoms. The highest BCUT2D eigenvalue weighted by Gasteiger charge is 2.18. The van der Waals surface area contributed by atoms with E-state index in [0.717, 1.165) is 44.7 Å². The predicted molar refractivity (Wildman–Crippen MR) is 103 cm³/mol. The highest BCUT2D eigenvalue weighted by Crippen LogP contribution is 2.18. The van der Waals surface area contributed by atoms with Crippen molar-refractivity contribution >= 4 is 6.03 Å². The van der Waals surface area contributed by atoms with Crippen molar-refractivity contribution in [2.45, 2.75) is 45.9 Å². The molecule has 0 radical (unpaired) electrons. The molecule has 1 aliphatic heterocycles. The van der Waals surface area contributed by atoms with Crippen LogP contribution in [0.15, 0.2) is 30.3 Å². The Morgan fingerprint density at radius 2 is 2.00 bits per heavy atom. The molecule has 1 aliphatic rings. The maximum absolute atomic E-state index is 11.7. The van der Waals surface area contributed by atoms with Gasteiger partial charge in [0.2, 0.25) is 0 Å². The zero-order valence-electron chi connectivity index (χ0n) is 16.0. The van der Waals surface area contributed by atoms with Crippen LogP contribution in [0.1, 0.15) is 35.9 Å². The molecule has 6 nitrogen and oxygen atoms in total. The third kappa shape index (κ3) is 4.43. The van der Waals surface area contributed by atoms with Gasteiger partial charge in [-0.1, -0.05) is 31.2 Å². The lowest BCUT2D eigenvalue weighted by Gasteiger charge is -2.21. The van der Waals surface area contributed by atoms with Crippen molar-refractivity contribution in [2.75, 3.05) is 20.6 Å². The van der Waals surface area contributed by atoms with Crippen molar-refractivity contribution in [1.29, 1.82) is 0 Å². The van der Waals surface area contributed by atoms with Gasteiger partial charge in [-0.15, -0.1) is 0 Å². The molecule has 1 aromatic heterocycles. The van der Waals surface area contributed by atoms with Crippen molar-refractivity contribution in [1.82, 2.24) is 24.9 Å². The maximum Gasteiger partial charge on any atom is 0.317 e. The van der Waals surface area contributed by atoms with E-state index in [0.29, 0.717) is 6.54 Å². The molecule has 0 atom stereocenters. The van der Waals surface area contributed by atoms with Crippen LogP contribution in [0.4, 0.5) is 4.79 Å². The minimum atomic E-state index is -0.0917. The number of hydrogen-bond acceptors (Lipinski definition) is 3. The Balaban J connectivity index is 1.67. The second-order valence-electron chi connectivity index (χ2n) is 7.09. The largest absolute Gasteiger partial charge is 0.332 e. The molecule has 0 fully saturated rings. The fraction of sp³-hybridized carbons (Fsp3) is 0.500. The number of nitrogens with one attached hydrogen (secondary N) is 1. The first kappa shape index (κ1) is 18.5. The highest BCUT2D eigenvalue weighted by atomic mass is 16.2. The SMILES string of the molecule is CCc1ccccc1CN1CCCn2nc(CNC(=O)N(C)C)cc2C1. The summed E-state index contributed by atoms with van der Waals surface area (Å²) in [6, 6.07) is 10.7. The fourth-order valence-electron chi connectivity index (χ4n) is 3.43. The summed E-state index contributed by atoms with van der Waals surface area (Å²) in [6.07, 6.45) is 2.16. The standard InChI is InChI=1S/C20H29N5O/c1-4-16-8-5-6-9-17(16)14-24-10-7-11-25-19(15-24)12-18(22-25)13-21-20(26)23(2)3/h5-6,8-9,12H,4,7,10-11,13-15H2,1-3H3,(H,21,26). The number of hydrogen-bond donors (Lipinski definition) is 1. The summed E-state index contributed by atoms with van der Waals surface area (Å²) in [5.41, 5.74) is 5.00. The van der Waals surface area contributed by atoms with Gasteiger partial charge in [0, 0.05) is 40.3 Å². The Morgan fingerprint density at radius 1 is 1.23 bits per heavy atom. The van der Waals surface area contributed by atoms with Crippen molar-refractivity contribution in [3.05, 3.63) is 52.8 Å². The molecule has 0 unspecified atom stereocenters. The molecule has 1 N–H and O–H groups in total. The second kappa shape index (κ2) is 8.36. The van der Waals surface area contributed by atoms with E-state index in [9.17, 15) is 4.79 Å². The normalized spacial score (nSPS) is 14.6. The summed E-state index contributed by atoms with van der Waals surface area (Å²) in [5, 5.41) is 7.56. The zero-order chi connectivity index (χ0) is 18.5. The average molecular weight is 355 g/mol. The van der Waals surface area contributed by atoms with Crippen molar-refractivity contribution in [2.24, 2.45) is 0 Å². The van der Waals surface area contributed by atoms with Gasteiger partial charge in [-0.2, -0.15) is 5.10 Å². The Labute approximate surface area is 155 Å². The zero-order valence-corrected chi connectivity index (χ0v) is 16.0. The minimum Gasteiger partial charge on any atom is -0.332 e. The number of aryl methyl sites for hydroxylation is 2. The van der Waals surface area contributed by atoms with E-state index >= 15 is 0 Å². The molecule has 2 heterocycles. The van der Waals surface area contributed by atoms with Gasteiger partial charge in [0.05, 0.1) is 17.9 Å². The number of carbonyl (C=O) groups is 1. The lowest BCUT2D eigenvalue weighted by molar-refractivity contribution is 0.217. The van der Waals surface area contributed by atoms with Crippen LogP contribution in [0.5, 0.6) is 0 Å². The highest BCUT2D eigenvalue weighted by molar-refractivity contribution is 5.73. The van der Waals surface area contributed by atoms with Crippen LogP contribution in [-0.4, -0.2) is 46.3 Å². The summed E-state index contributed by atoms with van der Waals surface area (Å²) in [4.78, 5) is 15.7. The molecule has 6 heteroatoms. The molecule has 2 amide bonds. The van der Waals surface area contributed by atoms with Crippen LogP contribution in [-0.2, 0) is 32.6 Å². The maximum atomic E-state index is 11.7. The lowest BCUT2D eigenvalue weighted by atomic mass is 10.0. The number of nitrogens with zero attached hydrogens (tertiary/aromatic N) is 4. The van der Waals surface area contributed by atoms with Gasteiger partial charge in [0.15, 0.2) is 0 Å². The monoisotopic (exact) mass is 355 g/mol. The minimum absolute atomic E-state index is 0.0917. The van der Waals surface area contributed by atoms with Crippen LogP contribution in [0.3, 0.4) is 0 Å². The van der Waals surface area contributed by atoms with Crippen LogP contribution in [0.25, 0.3) is 0 Å². The van der Waals surface area contributed by atoms with E-state index in [2.05, 4.69) is 57.3 Å².